The molecule has 0 aliphatic rings. The van der Waals surface area contributed by atoms with Gasteiger partial charge in [-0.3, -0.25) is 5.32 Å². The third kappa shape index (κ3) is 3.18. The minimum absolute atomic E-state index is 0.253. The average molecular weight is 254 g/mol. The standard InChI is InChI=1S/C16H15FN2/c1-12-6-2-4-8-14(12)16(10-18)19-11-13-7-3-5-9-15(13)17/h2-9,16,19H,11H2,1H3. The largest absolute Gasteiger partial charge is 0.294 e. The molecule has 1 unspecified atom stereocenters. The van der Waals surface area contributed by atoms with Gasteiger partial charge in [0.15, 0.2) is 0 Å². The number of hydrogen-bond donors (Lipinski definition) is 1. The van der Waals surface area contributed by atoms with Crippen molar-refractivity contribution >= 4 is 0 Å². The zero-order chi connectivity index (χ0) is 13.7. The van der Waals surface area contributed by atoms with Crippen molar-refractivity contribution in [3.63, 3.8) is 0 Å². The quantitative estimate of drug-likeness (QED) is 0.906. The molecule has 3 heteroatoms. The topological polar surface area (TPSA) is 35.8 Å². The van der Waals surface area contributed by atoms with Gasteiger partial charge < -0.3 is 0 Å². The fraction of sp³-hybridized carbons (Fsp3) is 0.188. The molecule has 2 rings (SSSR count). The molecule has 0 aromatic heterocycles. The lowest BCUT2D eigenvalue weighted by atomic mass is 10.0. The van der Waals surface area contributed by atoms with Crippen LogP contribution < -0.4 is 5.32 Å². The molecule has 0 saturated carbocycles. The van der Waals surface area contributed by atoms with Crippen molar-refractivity contribution < 1.29 is 4.39 Å². The van der Waals surface area contributed by atoms with Crippen LogP contribution in [0.5, 0.6) is 0 Å². The van der Waals surface area contributed by atoms with Crippen molar-refractivity contribution in [2.45, 2.75) is 19.5 Å². The smallest absolute Gasteiger partial charge is 0.127 e. The molecule has 1 atom stereocenters. The Balaban J connectivity index is 2.12. The Kier molecular flexibility index (Phi) is 4.27. The van der Waals surface area contributed by atoms with Crippen molar-refractivity contribution in [2.24, 2.45) is 0 Å². The first-order valence-electron chi connectivity index (χ1n) is 6.14. The third-order valence-corrected chi connectivity index (χ3v) is 3.08. The lowest BCUT2D eigenvalue weighted by Gasteiger charge is -2.14. The van der Waals surface area contributed by atoms with E-state index in [1.807, 2.05) is 31.2 Å². The zero-order valence-electron chi connectivity index (χ0n) is 10.7. The number of aryl methyl sites for hydroxylation is 1. The normalized spacial score (nSPS) is 11.8. The van der Waals surface area contributed by atoms with Crippen molar-refractivity contribution in [3.05, 3.63) is 71.0 Å². The van der Waals surface area contributed by atoms with Gasteiger partial charge >= 0.3 is 0 Å². The minimum Gasteiger partial charge on any atom is -0.294 e. The van der Waals surface area contributed by atoms with E-state index < -0.39 is 6.04 Å². The number of hydrogen-bond acceptors (Lipinski definition) is 2. The van der Waals surface area contributed by atoms with E-state index in [9.17, 15) is 9.65 Å². The van der Waals surface area contributed by atoms with Gasteiger partial charge in [0.2, 0.25) is 0 Å². The molecule has 0 heterocycles. The van der Waals surface area contributed by atoms with Crippen LogP contribution in [-0.4, -0.2) is 0 Å². The second-order valence-corrected chi connectivity index (χ2v) is 4.39. The molecular weight excluding hydrogens is 239 g/mol. The summed E-state index contributed by atoms with van der Waals surface area (Å²) in [7, 11) is 0. The van der Waals surface area contributed by atoms with Gasteiger partial charge in [-0.05, 0) is 24.1 Å². The summed E-state index contributed by atoms with van der Waals surface area (Å²) < 4.78 is 13.5. The van der Waals surface area contributed by atoms with Gasteiger partial charge in [-0.2, -0.15) is 5.26 Å². The van der Waals surface area contributed by atoms with Gasteiger partial charge in [0.25, 0.3) is 0 Å². The highest BCUT2D eigenvalue weighted by Gasteiger charge is 2.12. The molecule has 0 radical (unpaired) electrons. The predicted molar refractivity (Wildman–Crippen MR) is 72.8 cm³/mol. The number of nitrogens with one attached hydrogen (secondary N) is 1. The summed E-state index contributed by atoms with van der Waals surface area (Å²) in [5.74, 6) is -0.253. The first kappa shape index (κ1) is 13.3. The van der Waals surface area contributed by atoms with Crippen LogP contribution in [0, 0.1) is 24.1 Å². The highest BCUT2D eigenvalue weighted by atomic mass is 19.1. The molecule has 0 aliphatic carbocycles. The Morgan fingerprint density at radius 2 is 1.84 bits per heavy atom. The Morgan fingerprint density at radius 3 is 2.53 bits per heavy atom. The molecule has 0 bridgehead atoms. The summed E-state index contributed by atoms with van der Waals surface area (Å²) in [6.45, 7) is 2.30. The molecule has 1 N–H and O–H groups in total. The van der Waals surface area contributed by atoms with Crippen LogP contribution in [-0.2, 0) is 6.54 Å². The molecule has 19 heavy (non-hydrogen) atoms. The molecule has 0 fully saturated rings. The van der Waals surface area contributed by atoms with Crippen molar-refractivity contribution in [2.75, 3.05) is 0 Å². The fourth-order valence-corrected chi connectivity index (χ4v) is 1.99. The molecule has 0 saturated heterocycles. The molecule has 2 aromatic rings. The number of rotatable bonds is 4. The molecule has 0 spiro atoms. The molecule has 0 aliphatic heterocycles. The summed E-state index contributed by atoms with van der Waals surface area (Å²) in [5.41, 5.74) is 2.55. The summed E-state index contributed by atoms with van der Waals surface area (Å²) in [6, 6.07) is 16.1. The zero-order valence-corrected chi connectivity index (χ0v) is 10.7. The lowest BCUT2D eigenvalue weighted by Crippen LogP contribution is -2.20. The van der Waals surface area contributed by atoms with Crippen LogP contribution in [0.2, 0.25) is 0 Å². The highest BCUT2D eigenvalue weighted by molar-refractivity contribution is 5.32. The van der Waals surface area contributed by atoms with E-state index in [2.05, 4.69) is 11.4 Å². The average Bonchev–Trinajstić information content (AvgIpc) is 2.43. The second-order valence-electron chi connectivity index (χ2n) is 4.39. The van der Waals surface area contributed by atoms with Crippen LogP contribution in [0.3, 0.4) is 0 Å². The monoisotopic (exact) mass is 254 g/mol. The summed E-state index contributed by atoms with van der Waals surface area (Å²) >= 11 is 0. The van der Waals surface area contributed by atoms with E-state index in [0.717, 1.165) is 11.1 Å². The molecule has 2 nitrogen and oxygen atoms in total. The van der Waals surface area contributed by atoms with E-state index in [1.54, 1.807) is 18.2 Å². The van der Waals surface area contributed by atoms with Gasteiger partial charge in [0.1, 0.15) is 11.9 Å². The molecule has 96 valence electrons. The van der Waals surface area contributed by atoms with Gasteiger partial charge in [0, 0.05) is 12.1 Å². The Bertz CT molecular complexity index is 602. The van der Waals surface area contributed by atoms with Gasteiger partial charge in [-0.1, -0.05) is 42.5 Å². The Hall–Kier alpha value is -2.18. The van der Waals surface area contributed by atoms with E-state index in [0.29, 0.717) is 12.1 Å². The minimum atomic E-state index is -0.430. The van der Waals surface area contributed by atoms with Crippen molar-refractivity contribution in [1.82, 2.24) is 5.32 Å². The third-order valence-electron chi connectivity index (χ3n) is 3.08. The Morgan fingerprint density at radius 1 is 1.16 bits per heavy atom. The Labute approximate surface area is 112 Å². The van der Waals surface area contributed by atoms with Crippen LogP contribution in [0.15, 0.2) is 48.5 Å². The first-order chi connectivity index (χ1) is 9.22. The van der Waals surface area contributed by atoms with Crippen LogP contribution in [0.4, 0.5) is 4.39 Å². The van der Waals surface area contributed by atoms with E-state index in [4.69, 9.17) is 0 Å². The van der Waals surface area contributed by atoms with Crippen LogP contribution in [0.1, 0.15) is 22.7 Å². The van der Waals surface area contributed by atoms with E-state index in [1.165, 1.54) is 6.07 Å². The van der Waals surface area contributed by atoms with Gasteiger partial charge in [-0.15, -0.1) is 0 Å². The number of nitriles is 1. The highest BCUT2D eigenvalue weighted by Crippen LogP contribution is 2.17. The van der Waals surface area contributed by atoms with E-state index >= 15 is 0 Å². The SMILES string of the molecule is Cc1ccccc1C(C#N)NCc1ccccc1F. The second kappa shape index (κ2) is 6.12. The number of benzene rings is 2. The maximum atomic E-state index is 13.5. The van der Waals surface area contributed by atoms with Gasteiger partial charge in [0.05, 0.1) is 6.07 Å². The molecule has 2 aromatic carbocycles. The van der Waals surface area contributed by atoms with Crippen molar-refractivity contribution in [3.8, 4) is 6.07 Å². The van der Waals surface area contributed by atoms with Crippen LogP contribution in [0.25, 0.3) is 0 Å². The predicted octanol–water partition coefficient (Wildman–Crippen LogP) is 3.49. The van der Waals surface area contributed by atoms with Crippen LogP contribution >= 0.6 is 0 Å². The first-order valence-corrected chi connectivity index (χ1v) is 6.14. The fourth-order valence-electron chi connectivity index (χ4n) is 1.99. The summed E-state index contributed by atoms with van der Waals surface area (Å²) in [6.07, 6.45) is 0. The maximum Gasteiger partial charge on any atom is 0.127 e. The van der Waals surface area contributed by atoms with Crippen molar-refractivity contribution in [1.29, 1.82) is 5.26 Å². The molecular formula is C16H15FN2. The van der Waals surface area contributed by atoms with Gasteiger partial charge in [-0.25, -0.2) is 4.39 Å². The maximum absolute atomic E-state index is 13.5. The number of nitrogens with zero attached hydrogens (tertiary/aromatic N) is 1. The van der Waals surface area contributed by atoms with E-state index in [-0.39, 0.29) is 5.82 Å². The number of halogens is 1. The summed E-state index contributed by atoms with van der Waals surface area (Å²) in [5, 5.41) is 12.3. The molecule has 0 amide bonds. The summed E-state index contributed by atoms with van der Waals surface area (Å²) in [4.78, 5) is 0. The lowest BCUT2D eigenvalue weighted by molar-refractivity contribution is 0.571.